The molecule has 114 valence electrons. The molecule has 0 saturated carbocycles. The van der Waals surface area contributed by atoms with Crippen molar-refractivity contribution in [3.05, 3.63) is 29.0 Å². The predicted octanol–water partition coefficient (Wildman–Crippen LogP) is 0.960. The molecule has 0 bridgehead atoms. The number of amides is 1. The summed E-state index contributed by atoms with van der Waals surface area (Å²) in [7, 11) is 2.44. The Balaban J connectivity index is 2.71. The fourth-order valence-corrected chi connectivity index (χ4v) is 1.62. The maximum Gasteiger partial charge on any atom is 0.328 e. The molecule has 0 unspecified atom stereocenters. The van der Waals surface area contributed by atoms with Crippen LogP contribution in [0.2, 0.25) is 5.15 Å². The van der Waals surface area contributed by atoms with Gasteiger partial charge in [0.05, 0.1) is 19.8 Å². The van der Waals surface area contributed by atoms with E-state index >= 15 is 0 Å². The Morgan fingerprint density at radius 1 is 1.29 bits per heavy atom. The van der Waals surface area contributed by atoms with E-state index in [4.69, 9.17) is 11.6 Å². The van der Waals surface area contributed by atoms with Crippen LogP contribution in [0, 0.1) is 0 Å². The van der Waals surface area contributed by atoms with Crippen LogP contribution in [0.5, 0.6) is 0 Å². The maximum absolute atomic E-state index is 12.0. The van der Waals surface area contributed by atoms with Crippen LogP contribution in [0.15, 0.2) is 18.3 Å². The van der Waals surface area contributed by atoms with Crippen LogP contribution < -0.4 is 5.32 Å². The fraction of sp³-hybridized carbons (Fsp3) is 0.385. The number of nitrogens with one attached hydrogen (secondary N) is 1. The van der Waals surface area contributed by atoms with Gasteiger partial charge >= 0.3 is 11.9 Å². The van der Waals surface area contributed by atoms with Gasteiger partial charge in [0.15, 0.2) is 0 Å². The number of rotatable bonds is 6. The molecule has 1 atom stereocenters. The lowest BCUT2D eigenvalue weighted by Crippen LogP contribution is -2.41. The van der Waals surface area contributed by atoms with E-state index < -0.39 is 23.9 Å². The topological polar surface area (TPSA) is 94.6 Å². The molecule has 8 heteroatoms. The van der Waals surface area contributed by atoms with E-state index in [2.05, 4.69) is 19.8 Å². The lowest BCUT2D eigenvalue weighted by molar-refractivity contribution is -0.144. The van der Waals surface area contributed by atoms with Gasteiger partial charge in [0.1, 0.15) is 11.2 Å². The number of esters is 2. The van der Waals surface area contributed by atoms with Gasteiger partial charge in [-0.1, -0.05) is 11.6 Å². The fourth-order valence-electron chi connectivity index (χ4n) is 1.51. The van der Waals surface area contributed by atoms with Gasteiger partial charge in [0, 0.05) is 12.6 Å². The van der Waals surface area contributed by atoms with E-state index in [1.807, 2.05) is 0 Å². The average Bonchev–Trinajstić information content (AvgIpc) is 2.50. The van der Waals surface area contributed by atoms with Crippen molar-refractivity contribution in [2.75, 3.05) is 14.2 Å². The largest absolute Gasteiger partial charge is 0.469 e. The van der Waals surface area contributed by atoms with E-state index in [9.17, 15) is 14.4 Å². The average molecular weight is 315 g/mol. The molecular formula is C13H15ClN2O5. The second kappa shape index (κ2) is 8.21. The van der Waals surface area contributed by atoms with E-state index in [1.54, 1.807) is 0 Å². The first-order valence-electron chi connectivity index (χ1n) is 6.05. The van der Waals surface area contributed by atoms with Gasteiger partial charge in [-0.25, -0.2) is 9.78 Å². The van der Waals surface area contributed by atoms with Gasteiger partial charge in [-0.2, -0.15) is 0 Å². The number of carbonyl (C=O) groups excluding carboxylic acids is 3. The SMILES string of the molecule is COC(=O)CC[C@@H](NC(=O)c1ccc(Cl)nc1)C(=O)OC. The molecule has 0 aliphatic rings. The van der Waals surface area contributed by atoms with Gasteiger partial charge in [-0.15, -0.1) is 0 Å². The number of hydrogen-bond donors (Lipinski definition) is 1. The highest BCUT2D eigenvalue weighted by molar-refractivity contribution is 6.29. The minimum Gasteiger partial charge on any atom is -0.469 e. The second-order valence-corrected chi connectivity index (χ2v) is 4.42. The predicted molar refractivity (Wildman–Crippen MR) is 73.8 cm³/mol. The molecule has 0 saturated heterocycles. The van der Waals surface area contributed by atoms with E-state index in [0.29, 0.717) is 0 Å². The molecule has 0 fully saturated rings. The van der Waals surface area contributed by atoms with Crippen LogP contribution in [0.25, 0.3) is 0 Å². The van der Waals surface area contributed by atoms with E-state index in [-0.39, 0.29) is 23.6 Å². The van der Waals surface area contributed by atoms with Crippen molar-refractivity contribution in [1.82, 2.24) is 10.3 Å². The number of hydrogen-bond acceptors (Lipinski definition) is 6. The number of ether oxygens (including phenoxy) is 2. The molecule has 1 aromatic rings. The highest BCUT2D eigenvalue weighted by Gasteiger charge is 2.23. The van der Waals surface area contributed by atoms with Gasteiger partial charge in [0.25, 0.3) is 5.91 Å². The van der Waals surface area contributed by atoms with Gasteiger partial charge in [-0.05, 0) is 18.6 Å². The summed E-state index contributed by atoms with van der Waals surface area (Å²) in [6, 6.07) is 1.98. The normalized spacial score (nSPS) is 11.4. The Morgan fingerprint density at radius 3 is 2.52 bits per heavy atom. The lowest BCUT2D eigenvalue weighted by Gasteiger charge is -2.15. The summed E-state index contributed by atoms with van der Waals surface area (Å²) in [4.78, 5) is 38.5. The van der Waals surface area contributed by atoms with E-state index in [0.717, 1.165) is 0 Å². The molecule has 1 rings (SSSR count). The quantitative estimate of drug-likeness (QED) is 0.621. The zero-order chi connectivity index (χ0) is 15.8. The summed E-state index contributed by atoms with van der Waals surface area (Å²) < 4.78 is 9.08. The number of carbonyl (C=O) groups is 3. The molecule has 1 amide bonds. The minimum absolute atomic E-state index is 0.0184. The maximum atomic E-state index is 12.0. The third kappa shape index (κ3) is 5.39. The summed E-state index contributed by atoms with van der Waals surface area (Å²) in [5.41, 5.74) is 0.242. The zero-order valence-electron chi connectivity index (χ0n) is 11.6. The second-order valence-electron chi connectivity index (χ2n) is 4.03. The Kier molecular flexibility index (Phi) is 6.61. The first kappa shape index (κ1) is 16.9. The van der Waals surface area contributed by atoms with Crippen LogP contribution in [0.4, 0.5) is 0 Å². The van der Waals surface area contributed by atoms with Crippen LogP contribution in [0.1, 0.15) is 23.2 Å². The molecule has 0 aliphatic heterocycles. The van der Waals surface area contributed by atoms with Crippen molar-refractivity contribution < 1.29 is 23.9 Å². The van der Waals surface area contributed by atoms with Crippen LogP contribution >= 0.6 is 11.6 Å². The molecule has 1 aromatic heterocycles. The first-order chi connectivity index (χ1) is 9.97. The summed E-state index contributed by atoms with van der Waals surface area (Å²) in [6.07, 6.45) is 1.34. The Labute approximate surface area is 126 Å². The molecule has 7 nitrogen and oxygen atoms in total. The van der Waals surface area contributed by atoms with Crippen molar-refractivity contribution >= 4 is 29.4 Å². The first-order valence-corrected chi connectivity index (χ1v) is 6.42. The van der Waals surface area contributed by atoms with Crippen LogP contribution in [-0.4, -0.2) is 43.1 Å². The summed E-state index contributed by atoms with van der Waals surface area (Å²) in [5.74, 6) is -1.64. The van der Waals surface area contributed by atoms with Crippen molar-refractivity contribution in [2.45, 2.75) is 18.9 Å². The summed E-state index contributed by atoms with van der Waals surface area (Å²) in [6.45, 7) is 0. The molecule has 1 N–H and O–H groups in total. The molecule has 0 radical (unpaired) electrons. The molecule has 0 spiro atoms. The monoisotopic (exact) mass is 314 g/mol. The van der Waals surface area contributed by atoms with Gasteiger partial charge < -0.3 is 14.8 Å². The third-order valence-corrected chi connectivity index (χ3v) is 2.87. The van der Waals surface area contributed by atoms with E-state index in [1.165, 1.54) is 32.5 Å². The standard InChI is InChI=1S/C13H15ClN2O5/c1-20-11(17)6-4-9(13(19)21-2)16-12(18)8-3-5-10(14)15-7-8/h3,5,7,9H,4,6H2,1-2H3,(H,16,18)/t9-/m1/s1. The smallest absolute Gasteiger partial charge is 0.328 e. The van der Waals surface area contributed by atoms with Crippen molar-refractivity contribution in [3.63, 3.8) is 0 Å². The van der Waals surface area contributed by atoms with Gasteiger partial charge in [-0.3, -0.25) is 9.59 Å². The third-order valence-electron chi connectivity index (χ3n) is 2.65. The number of aromatic nitrogens is 1. The minimum atomic E-state index is -0.947. The molecule has 1 heterocycles. The summed E-state index contributed by atoms with van der Waals surface area (Å²) >= 11 is 5.63. The van der Waals surface area contributed by atoms with Crippen LogP contribution in [0.3, 0.4) is 0 Å². The number of pyridine rings is 1. The molecule has 0 aromatic carbocycles. The van der Waals surface area contributed by atoms with Gasteiger partial charge in [0.2, 0.25) is 0 Å². The molecular weight excluding hydrogens is 300 g/mol. The zero-order valence-corrected chi connectivity index (χ0v) is 12.3. The van der Waals surface area contributed by atoms with Crippen molar-refractivity contribution in [3.8, 4) is 0 Å². The Bertz CT molecular complexity index is 518. The number of nitrogens with zero attached hydrogens (tertiary/aromatic N) is 1. The molecule has 0 aliphatic carbocycles. The van der Waals surface area contributed by atoms with Crippen LogP contribution in [-0.2, 0) is 19.1 Å². The Morgan fingerprint density at radius 2 is 2.00 bits per heavy atom. The highest BCUT2D eigenvalue weighted by Crippen LogP contribution is 2.07. The highest BCUT2D eigenvalue weighted by atomic mass is 35.5. The molecule has 21 heavy (non-hydrogen) atoms. The Hall–Kier alpha value is -2.15. The van der Waals surface area contributed by atoms with Crippen molar-refractivity contribution in [1.29, 1.82) is 0 Å². The number of halogens is 1. The summed E-state index contributed by atoms with van der Waals surface area (Å²) in [5, 5.41) is 2.73. The lowest BCUT2D eigenvalue weighted by atomic mass is 10.1. The number of methoxy groups -OCH3 is 2. The van der Waals surface area contributed by atoms with Crippen molar-refractivity contribution in [2.24, 2.45) is 0 Å².